The minimum atomic E-state index is 0.0749. The monoisotopic (exact) mass is 194 g/mol. The lowest BCUT2D eigenvalue weighted by Crippen LogP contribution is -2.38. The van der Waals surface area contributed by atoms with Gasteiger partial charge in [-0.2, -0.15) is 5.26 Å². The second-order valence-corrected chi connectivity index (χ2v) is 3.97. The summed E-state index contributed by atoms with van der Waals surface area (Å²) in [5.41, 5.74) is 0. The second-order valence-electron chi connectivity index (χ2n) is 3.97. The minimum Gasteiger partial charge on any atom is -0.298 e. The highest BCUT2D eigenvalue weighted by atomic mass is 16.1. The Morgan fingerprint density at radius 1 is 1.50 bits per heavy atom. The Balaban J connectivity index is 2.46. The van der Waals surface area contributed by atoms with Gasteiger partial charge in [0.05, 0.1) is 12.1 Å². The number of ketones is 1. The van der Waals surface area contributed by atoms with Crippen LogP contribution in [0.15, 0.2) is 0 Å². The predicted molar refractivity (Wildman–Crippen MR) is 54.7 cm³/mol. The minimum absolute atomic E-state index is 0.0749. The van der Waals surface area contributed by atoms with Crippen LogP contribution >= 0.6 is 0 Å². The predicted octanol–water partition coefficient (Wildman–Crippen LogP) is 1.73. The van der Waals surface area contributed by atoms with Gasteiger partial charge in [0.25, 0.3) is 0 Å². The average Bonchev–Trinajstić information content (AvgIpc) is 2.39. The highest BCUT2D eigenvalue weighted by molar-refractivity contribution is 5.84. The fourth-order valence-corrected chi connectivity index (χ4v) is 1.99. The van der Waals surface area contributed by atoms with Crippen molar-refractivity contribution in [2.75, 3.05) is 13.6 Å². The molecule has 1 aliphatic carbocycles. The van der Waals surface area contributed by atoms with Crippen molar-refractivity contribution in [1.29, 1.82) is 5.26 Å². The van der Waals surface area contributed by atoms with Crippen molar-refractivity contribution < 1.29 is 4.79 Å². The van der Waals surface area contributed by atoms with Gasteiger partial charge in [0.15, 0.2) is 0 Å². The summed E-state index contributed by atoms with van der Waals surface area (Å²) in [7, 11) is 1.95. The lowest BCUT2D eigenvalue weighted by Gasteiger charge is -2.24. The fourth-order valence-electron chi connectivity index (χ4n) is 1.99. The van der Waals surface area contributed by atoms with Crippen LogP contribution in [0.25, 0.3) is 0 Å². The lowest BCUT2D eigenvalue weighted by molar-refractivity contribution is -0.123. The van der Waals surface area contributed by atoms with E-state index in [1.165, 1.54) is 6.42 Å². The Labute approximate surface area is 85.7 Å². The number of hydrogen-bond acceptors (Lipinski definition) is 3. The van der Waals surface area contributed by atoms with Crippen LogP contribution in [0.1, 0.15) is 38.5 Å². The molecule has 1 rings (SSSR count). The zero-order chi connectivity index (χ0) is 10.4. The van der Waals surface area contributed by atoms with Crippen molar-refractivity contribution >= 4 is 5.78 Å². The molecule has 1 fully saturated rings. The van der Waals surface area contributed by atoms with Gasteiger partial charge in [-0.3, -0.25) is 9.69 Å². The van der Waals surface area contributed by atoms with E-state index < -0.39 is 0 Å². The first kappa shape index (κ1) is 11.2. The number of carbonyl (C=O) groups excluding carboxylic acids is 1. The average molecular weight is 194 g/mol. The molecular weight excluding hydrogens is 176 g/mol. The van der Waals surface area contributed by atoms with E-state index in [1.54, 1.807) is 0 Å². The maximum atomic E-state index is 11.7. The van der Waals surface area contributed by atoms with Crippen molar-refractivity contribution in [2.45, 2.75) is 44.6 Å². The molecule has 1 unspecified atom stereocenters. The van der Waals surface area contributed by atoms with Crippen LogP contribution in [-0.2, 0) is 4.79 Å². The summed E-state index contributed by atoms with van der Waals surface area (Å²) in [6.45, 7) is 0.715. The number of Topliss-reactive ketones (excluding diaryl/α,β-unsaturated/α-hetero) is 1. The Bertz CT molecular complexity index is 232. The van der Waals surface area contributed by atoms with E-state index in [0.717, 1.165) is 25.7 Å². The third-order valence-electron chi connectivity index (χ3n) is 2.88. The van der Waals surface area contributed by atoms with Crippen LogP contribution in [0.3, 0.4) is 0 Å². The SMILES string of the molecule is CN(CCC#N)C1CCCCCC1=O. The first-order valence-corrected chi connectivity index (χ1v) is 5.35. The summed E-state index contributed by atoms with van der Waals surface area (Å²) < 4.78 is 0. The van der Waals surface area contributed by atoms with Crippen molar-refractivity contribution in [3.8, 4) is 6.07 Å². The first-order chi connectivity index (χ1) is 6.75. The van der Waals surface area contributed by atoms with E-state index in [1.807, 2.05) is 11.9 Å². The summed E-state index contributed by atoms with van der Waals surface area (Å²) >= 11 is 0. The van der Waals surface area contributed by atoms with Crippen LogP contribution in [0.4, 0.5) is 0 Å². The highest BCUT2D eigenvalue weighted by Crippen LogP contribution is 2.18. The molecule has 3 nitrogen and oxygen atoms in total. The quantitative estimate of drug-likeness (QED) is 0.643. The van der Waals surface area contributed by atoms with Gasteiger partial charge >= 0.3 is 0 Å². The van der Waals surface area contributed by atoms with Gasteiger partial charge in [-0.15, -0.1) is 0 Å². The number of carbonyl (C=O) groups is 1. The number of rotatable bonds is 3. The zero-order valence-electron chi connectivity index (χ0n) is 8.83. The molecule has 0 aliphatic heterocycles. The number of hydrogen-bond donors (Lipinski definition) is 0. The Morgan fingerprint density at radius 3 is 3.00 bits per heavy atom. The van der Waals surface area contributed by atoms with Crippen molar-refractivity contribution in [3.63, 3.8) is 0 Å². The first-order valence-electron chi connectivity index (χ1n) is 5.35. The molecule has 3 heteroatoms. The van der Waals surface area contributed by atoms with Crippen LogP contribution in [0.5, 0.6) is 0 Å². The van der Waals surface area contributed by atoms with Crippen LogP contribution in [-0.4, -0.2) is 30.3 Å². The van der Waals surface area contributed by atoms with E-state index in [-0.39, 0.29) is 6.04 Å². The third kappa shape index (κ3) is 3.12. The standard InChI is InChI=1S/C11H18N2O/c1-13(9-5-8-12)10-6-3-2-4-7-11(10)14/h10H,2-7,9H2,1H3. The summed E-state index contributed by atoms with van der Waals surface area (Å²) in [6, 6.07) is 2.19. The summed E-state index contributed by atoms with van der Waals surface area (Å²) in [5, 5.41) is 8.47. The molecule has 0 aromatic heterocycles. The smallest absolute Gasteiger partial charge is 0.149 e. The molecule has 0 aromatic carbocycles. The molecule has 0 amide bonds. The topological polar surface area (TPSA) is 44.1 Å². The second kappa shape index (κ2) is 5.77. The summed E-state index contributed by atoms with van der Waals surface area (Å²) in [6.07, 6.45) is 5.58. The van der Waals surface area contributed by atoms with Crippen LogP contribution in [0.2, 0.25) is 0 Å². The molecule has 1 atom stereocenters. The molecule has 0 heterocycles. The van der Waals surface area contributed by atoms with E-state index in [2.05, 4.69) is 6.07 Å². The maximum absolute atomic E-state index is 11.7. The number of nitrogens with zero attached hydrogens (tertiary/aromatic N) is 2. The molecule has 78 valence electrons. The number of likely N-dealkylation sites (N-methyl/N-ethyl adjacent to an activating group) is 1. The molecule has 14 heavy (non-hydrogen) atoms. The van der Waals surface area contributed by atoms with Crippen molar-refractivity contribution in [3.05, 3.63) is 0 Å². The van der Waals surface area contributed by atoms with Gasteiger partial charge in [0.2, 0.25) is 0 Å². The zero-order valence-corrected chi connectivity index (χ0v) is 8.83. The molecule has 0 bridgehead atoms. The van der Waals surface area contributed by atoms with Crippen LogP contribution in [0, 0.1) is 11.3 Å². The molecule has 0 spiro atoms. The van der Waals surface area contributed by atoms with Crippen molar-refractivity contribution in [2.24, 2.45) is 0 Å². The Kier molecular flexibility index (Phi) is 4.61. The van der Waals surface area contributed by atoms with Gasteiger partial charge in [-0.25, -0.2) is 0 Å². The Morgan fingerprint density at radius 2 is 2.29 bits per heavy atom. The molecule has 0 aromatic rings. The molecule has 0 saturated heterocycles. The van der Waals surface area contributed by atoms with Gasteiger partial charge in [-0.05, 0) is 19.9 Å². The van der Waals surface area contributed by atoms with Gasteiger partial charge in [0, 0.05) is 19.4 Å². The third-order valence-corrected chi connectivity index (χ3v) is 2.88. The Hall–Kier alpha value is -0.880. The van der Waals surface area contributed by atoms with Crippen LogP contribution < -0.4 is 0 Å². The van der Waals surface area contributed by atoms with E-state index in [9.17, 15) is 4.79 Å². The molecule has 1 aliphatic rings. The molecule has 0 N–H and O–H groups in total. The fraction of sp³-hybridized carbons (Fsp3) is 0.818. The lowest BCUT2D eigenvalue weighted by atomic mass is 10.1. The molecule has 0 radical (unpaired) electrons. The maximum Gasteiger partial charge on any atom is 0.149 e. The van der Waals surface area contributed by atoms with Crippen molar-refractivity contribution in [1.82, 2.24) is 4.90 Å². The normalized spacial score (nSPS) is 23.2. The van der Waals surface area contributed by atoms with Gasteiger partial charge in [-0.1, -0.05) is 12.8 Å². The van der Waals surface area contributed by atoms with E-state index >= 15 is 0 Å². The van der Waals surface area contributed by atoms with Gasteiger partial charge in [0.1, 0.15) is 5.78 Å². The molecular formula is C11H18N2O. The summed E-state index contributed by atoms with van der Waals surface area (Å²) in [4.78, 5) is 13.7. The number of nitriles is 1. The molecule has 1 saturated carbocycles. The largest absolute Gasteiger partial charge is 0.298 e. The van der Waals surface area contributed by atoms with E-state index in [0.29, 0.717) is 18.7 Å². The van der Waals surface area contributed by atoms with Gasteiger partial charge < -0.3 is 0 Å². The highest BCUT2D eigenvalue weighted by Gasteiger charge is 2.23. The summed E-state index contributed by atoms with van der Waals surface area (Å²) in [5.74, 6) is 0.364. The van der Waals surface area contributed by atoms with E-state index in [4.69, 9.17) is 5.26 Å².